The number of benzene rings is 2. The third-order valence-electron chi connectivity index (χ3n) is 5.29. The first-order valence-electron chi connectivity index (χ1n) is 9.78. The van der Waals surface area contributed by atoms with Gasteiger partial charge in [-0.2, -0.15) is 4.31 Å². The highest BCUT2D eigenvalue weighted by atomic mass is 32.2. The Kier molecular flexibility index (Phi) is 7.05. The maximum Gasteiger partial charge on any atom is 0.325 e. The minimum Gasteiger partial charge on any atom is -0.468 e. The molecule has 0 bridgehead atoms. The fourth-order valence-electron chi connectivity index (χ4n) is 3.53. The molecular weight excluding hydrogens is 388 g/mol. The van der Waals surface area contributed by atoms with Gasteiger partial charge in [0.1, 0.15) is 6.04 Å². The van der Waals surface area contributed by atoms with Crippen LogP contribution < -0.4 is 0 Å². The predicted molar refractivity (Wildman–Crippen MR) is 113 cm³/mol. The number of ether oxygens (including phenoxy) is 1. The number of hydrogen-bond donors (Lipinski definition) is 0. The van der Waals surface area contributed by atoms with Crippen LogP contribution in [0.3, 0.4) is 0 Å². The lowest BCUT2D eigenvalue weighted by molar-refractivity contribution is -0.145. The zero-order valence-corrected chi connectivity index (χ0v) is 17.8. The monoisotopic (exact) mass is 416 g/mol. The number of nitrogens with zero attached hydrogens (tertiary/aromatic N) is 2. The number of carbonyl (C=O) groups is 1. The van der Waals surface area contributed by atoms with Crippen LogP contribution in [0, 0.1) is 6.92 Å². The minimum absolute atomic E-state index is 0.0128. The van der Waals surface area contributed by atoms with Gasteiger partial charge in [0.05, 0.1) is 12.9 Å². The number of esters is 1. The van der Waals surface area contributed by atoms with Crippen molar-refractivity contribution in [3.05, 3.63) is 71.3 Å². The van der Waals surface area contributed by atoms with Crippen molar-refractivity contribution in [2.45, 2.75) is 25.9 Å². The fraction of sp³-hybridized carbons (Fsp3) is 0.409. The van der Waals surface area contributed by atoms with Crippen molar-refractivity contribution in [1.29, 1.82) is 0 Å². The molecule has 0 spiro atoms. The van der Waals surface area contributed by atoms with Gasteiger partial charge in [0, 0.05) is 26.2 Å². The first kappa shape index (κ1) is 21.5. The van der Waals surface area contributed by atoms with E-state index in [9.17, 15) is 13.2 Å². The van der Waals surface area contributed by atoms with Crippen molar-refractivity contribution in [1.82, 2.24) is 9.21 Å². The van der Waals surface area contributed by atoms with Gasteiger partial charge in [-0.1, -0.05) is 60.2 Å². The van der Waals surface area contributed by atoms with Gasteiger partial charge in [-0.15, -0.1) is 0 Å². The average Bonchev–Trinajstić information content (AvgIpc) is 2.85. The second-order valence-corrected chi connectivity index (χ2v) is 9.46. The summed E-state index contributed by atoms with van der Waals surface area (Å²) in [5.41, 5.74) is 3.14. The largest absolute Gasteiger partial charge is 0.468 e. The number of methoxy groups -OCH3 is 1. The molecule has 156 valence electrons. The Morgan fingerprint density at radius 1 is 1.07 bits per heavy atom. The quantitative estimate of drug-likeness (QED) is 0.676. The first-order chi connectivity index (χ1) is 13.9. The number of carbonyl (C=O) groups excluding carboxylic acids is 1. The van der Waals surface area contributed by atoms with E-state index in [1.165, 1.54) is 17.0 Å². The Labute approximate surface area is 173 Å². The molecule has 0 amide bonds. The summed E-state index contributed by atoms with van der Waals surface area (Å²) in [7, 11) is -2.29. The molecule has 0 N–H and O–H groups in total. The van der Waals surface area contributed by atoms with Crippen molar-refractivity contribution >= 4 is 16.0 Å². The number of sulfonamides is 1. The van der Waals surface area contributed by atoms with Crippen LogP contribution in [-0.2, 0) is 32.5 Å². The van der Waals surface area contributed by atoms with E-state index in [2.05, 4.69) is 12.1 Å². The number of aryl methyl sites for hydroxylation is 1. The smallest absolute Gasteiger partial charge is 0.325 e. The molecule has 6 nitrogen and oxygen atoms in total. The van der Waals surface area contributed by atoms with Gasteiger partial charge in [0.15, 0.2) is 0 Å². The minimum atomic E-state index is -3.60. The molecule has 2 aromatic rings. The lowest BCUT2D eigenvalue weighted by Crippen LogP contribution is -2.48. The molecule has 1 unspecified atom stereocenters. The zero-order chi connectivity index (χ0) is 20.9. The molecule has 1 fully saturated rings. The van der Waals surface area contributed by atoms with E-state index in [-0.39, 0.29) is 12.3 Å². The standard InChI is InChI=1S/C22H28N2O4S/c1-18-8-10-20(11-9-18)16-24-21(22(25)28-2)17-23(14-15-29(24,26)27)13-12-19-6-4-3-5-7-19/h3-11,21H,12-17H2,1-2H3. The van der Waals surface area contributed by atoms with Crippen LogP contribution in [0.5, 0.6) is 0 Å². The van der Waals surface area contributed by atoms with Crippen LogP contribution in [0.15, 0.2) is 54.6 Å². The lowest BCUT2D eigenvalue weighted by Gasteiger charge is -2.28. The molecule has 1 aliphatic rings. The molecule has 0 aromatic heterocycles. The maximum atomic E-state index is 13.0. The highest BCUT2D eigenvalue weighted by molar-refractivity contribution is 7.89. The zero-order valence-electron chi connectivity index (χ0n) is 17.0. The van der Waals surface area contributed by atoms with Crippen LogP contribution >= 0.6 is 0 Å². The van der Waals surface area contributed by atoms with Crippen LogP contribution in [0.1, 0.15) is 16.7 Å². The third kappa shape index (κ3) is 5.65. The van der Waals surface area contributed by atoms with Gasteiger partial charge in [-0.25, -0.2) is 8.42 Å². The molecule has 0 saturated carbocycles. The van der Waals surface area contributed by atoms with E-state index in [1.807, 2.05) is 54.3 Å². The molecule has 1 aliphatic heterocycles. The Morgan fingerprint density at radius 3 is 2.41 bits per heavy atom. The third-order valence-corrected chi connectivity index (χ3v) is 7.09. The Morgan fingerprint density at radius 2 is 1.76 bits per heavy atom. The van der Waals surface area contributed by atoms with Crippen molar-refractivity contribution in [2.24, 2.45) is 0 Å². The van der Waals surface area contributed by atoms with Gasteiger partial charge in [-0.05, 0) is 24.5 Å². The molecule has 3 rings (SSSR count). The summed E-state index contributed by atoms with van der Waals surface area (Å²) in [5, 5.41) is 0. The molecule has 0 radical (unpaired) electrons. The molecule has 0 aliphatic carbocycles. The second kappa shape index (κ2) is 9.52. The fourth-order valence-corrected chi connectivity index (χ4v) is 5.14. The highest BCUT2D eigenvalue weighted by Gasteiger charge is 2.39. The topological polar surface area (TPSA) is 66.9 Å². The maximum absolute atomic E-state index is 13.0. The summed E-state index contributed by atoms with van der Waals surface area (Å²) in [4.78, 5) is 14.6. The molecule has 29 heavy (non-hydrogen) atoms. The van der Waals surface area contributed by atoms with Crippen molar-refractivity contribution in [3.8, 4) is 0 Å². The van der Waals surface area contributed by atoms with Crippen LogP contribution in [0.2, 0.25) is 0 Å². The van der Waals surface area contributed by atoms with Crippen molar-refractivity contribution < 1.29 is 17.9 Å². The number of rotatable bonds is 6. The van der Waals surface area contributed by atoms with Gasteiger partial charge >= 0.3 is 5.97 Å². The molecular formula is C22H28N2O4S. The molecule has 7 heteroatoms. The summed E-state index contributed by atoms with van der Waals surface area (Å²) in [5.74, 6) is -0.534. The van der Waals surface area contributed by atoms with Gasteiger partial charge in [0.25, 0.3) is 0 Å². The Bertz CT molecular complexity index is 914. The normalized spacial score (nSPS) is 20.1. The summed E-state index contributed by atoms with van der Waals surface area (Å²) < 4.78 is 32.3. The SMILES string of the molecule is COC(=O)C1CN(CCc2ccccc2)CCS(=O)(=O)N1Cc1ccc(C)cc1. The Balaban J connectivity index is 1.80. The molecule has 2 aromatic carbocycles. The van der Waals surface area contributed by atoms with Crippen molar-refractivity contribution in [2.75, 3.05) is 32.5 Å². The van der Waals surface area contributed by atoms with Gasteiger partial charge < -0.3 is 4.74 Å². The second-order valence-electron chi connectivity index (χ2n) is 7.42. The van der Waals surface area contributed by atoms with Crippen molar-refractivity contribution in [3.63, 3.8) is 0 Å². The summed E-state index contributed by atoms with van der Waals surface area (Å²) >= 11 is 0. The highest BCUT2D eigenvalue weighted by Crippen LogP contribution is 2.20. The van der Waals surface area contributed by atoms with E-state index in [1.54, 1.807) is 0 Å². The van der Waals surface area contributed by atoms with E-state index >= 15 is 0 Å². The Hall–Kier alpha value is -2.22. The predicted octanol–water partition coefficient (Wildman–Crippen LogP) is 2.23. The van der Waals surface area contributed by atoms with E-state index in [4.69, 9.17) is 4.74 Å². The summed E-state index contributed by atoms with van der Waals surface area (Å²) in [6.07, 6.45) is 0.798. The first-order valence-corrected chi connectivity index (χ1v) is 11.4. The summed E-state index contributed by atoms with van der Waals surface area (Å²) in [6, 6.07) is 16.9. The van der Waals surface area contributed by atoms with E-state index in [0.29, 0.717) is 19.6 Å². The summed E-state index contributed by atoms with van der Waals surface area (Å²) in [6.45, 7) is 3.55. The molecule has 1 heterocycles. The average molecular weight is 417 g/mol. The van der Waals surface area contributed by atoms with Crippen LogP contribution in [0.25, 0.3) is 0 Å². The molecule has 1 saturated heterocycles. The van der Waals surface area contributed by atoms with Crippen LogP contribution in [0.4, 0.5) is 0 Å². The number of hydrogen-bond acceptors (Lipinski definition) is 5. The van der Waals surface area contributed by atoms with Gasteiger partial charge in [-0.3, -0.25) is 9.69 Å². The van der Waals surface area contributed by atoms with E-state index < -0.39 is 22.0 Å². The van der Waals surface area contributed by atoms with Gasteiger partial charge in [0.2, 0.25) is 10.0 Å². The van der Waals surface area contributed by atoms with E-state index in [0.717, 1.165) is 17.5 Å². The lowest BCUT2D eigenvalue weighted by atomic mass is 10.1. The molecule has 1 atom stereocenters. The van der Waals surface area contributed by atoms with Crippen LogP contribution in [-0.4, -0.2) is 62.1 Å².